The number of hydrogen-bond acceptors (Lipinski definition) is 3. The van der Waals surface area contributed by atoms with E-state index in [2.05, 4.69) is 12.2 Å². The Bertz CT molecular complexity index is 449. The molecule has 1 aromatic rings. The van der Waals surface area contributed by atoms with Gasteiger partial charge in [-0.15, -0.1) is 0 Å². The maximum absolute atomic E-state index is 11.8. The Hall–Kier alpha value is -1.91. The highest BCUT2D eigenvalue weighted by molar-refractivity contribution is 5.73. The van der Waals surface area contributed by atoms with Crippen LogP contribution in [0.1, 0.15) is 25.3 Å². The Morgan fingerprint density at radius 3 is 2.57 bits per heavy atom. The first-order valence-electron chi connectivity index (χ1n) is 7.32. The van der Waals surface area contributed by atoms with Crippen LogP contribution in [0.15, 0.2) is 18.2 Å². The molecule has 5 heteroatoms. The van der Waals surface area contributed by atoms with E-state index in [0.29, 0.717) is 18.0 Å². The average molecular weight is 294 g/mol. The number of nitrogens with zero attached hydrogens (tertiary/aromatic N) is 1. The van der Waals surface area contributed by atoms with E-state index in [0.717, 1.165) is 31.4 Å². The van der Waals surface area contributed by atoms with Crippen LogP contribution in [0.4, 0.5) is 4.79 Å². The first kappa shape index (κ1) is 17.1. The topological polar surface area (TPSA) is 50.8 Å². The van der Waals surface area contributed by atoms with Gasteiger partial charge in [0.25, 0.3) is 0 Å². The molecule has 0 saturated heterocycles. The van der Waals surface area contributed by atoms with E-state index in [4.69, 9.17) is 9.47 Å². The lowest BCUT2D eigenvalue weighted by atomic mass is 10.1. The van der Waals surface area contributed by atoms with E-state index < -0.39 is 0 Å². The summed E-state index contributed by atoms with van der Waals surface area (Å²) in [6, 6.07) is 5.77. The molecule has 1 rings (SSSR count). The fourth-order valence-corrected chi connectivity index (χ4v) is 1.98. The molecule has 0 unspecified atom stereocenters. The van der Waals surface area contributed by atoms with Gasteiger partial charge >= 0.3 is 6.03 Å². The second-order valence-electron chi connectivity index (χ2n) is 4.95. The van der Waals surface area contributed by atoms with E-state index >= 15 is 0 Å². The second-order valence-corrected chi connectivity index (χ2v) is 4.95. The van der Waals surface area contributed by atoms with Crippen molar-refractivity contribution in [2.75, 3.05) is 34.4 Å². The van der Waals surface area contributed by atoms with Gasteiger partial charge in [0, 0.05) is 20.1 Å². The number of amides is 2. The van der Waals surface area contributed by atoms with E-state index in [9.17, 15) is 4.79 Å². The summed E-state index contributed by atoms with van der Waals surface area (Å²) in [5, 5.41) is 2.92. The van der Waals surface area contributed by atoms with E-state index in [1.807, 2.05) is 25.2 Å². The van der Waals surface area contributed by atoms with Crippen LogP contribution in [0.3, 0.4) is 0 Å². The molecule has 0 aliphatic rings. The zero-order chi connectivity index (χ0) is 15.7. The lowest BCUT2D eigenvalue weighted by molar-refractivity contribution is 0.208. The maximum Gasteiger partial charge on any atom is 0.317 e. The van der Waals surface area contributed by atoms with Crippen LogP contribution >= 0.6 is 0 Å². The van der Waals surface area contributed by atoms with Crippen molar-refractivity contribution >= 4 is 6.03 Å². The van der Waals surface area contributed by atoms with Crippen LogP contribution in [0.5, 0.6) is 11.5 Å². The standard InChI is InChI=1S/C16H26N2O3/c1-5-6-11-18(2)16(19)17-10-9-13-7-8-14(20-3)15(12-13)21-4/h7-8,12H,5-6,9-11H2,1-4H3,(H,17,19). The number of benzene rings is 1. The van der Waals surface area contributed by atoms with Gasteiger partial charge in [-0.3, -0.25) is 0 Å². The monoisotopic (exact) mass is 294 g/mol. The normalized spacial score (nSPS) is 10.1. The van der Waals surface area contributed by atoms with Crippen molar-refractivity contribution in [1.82, 2.24) is 10.2 Å². The van der Waals surface area contributed by atoms with Gasteiger partial charge in [0.15, 0.2) is 11.5 Å². The third kappa shape index (κ3) is 5.53. The van der Waals surface area contributed by atoms with Crippen molar-refractivity contribution in [2.24, 2.45) is 0 Å². The molecule has 0 atom stereocenters. The van der Waals surface area contributed by atoms with Gasteiger partial charge in [-0.1, -0.05) is 19.4 Å². The molecule has 1 N–H and O–H groups in total. The second kappa shape index (κ2) is 9.10. The first-order chi connectivity index (χ1) is 10.1. The molecule has 0 fully saturated rings. The summed E-state index contributed by atoms with van der Waals surface area (Å²) < 4.78 is 10.5. The van der Waals surface area contributed by atoms with Gasteiger partial charge in [-0.25, -0.2) is 4.79 Å². The molecule has 0 saturated carbocycles. The van der Waals surface area contributed by atoms with Crippen LogP contribution < -0.4 is 14.8 Å². The summed E-state index contributed by atoms with van der Waals surface area (Å²) in [7, 11) is 5.05. The molecule has 5 nitrogen and oxygen atoms in total. The molecule has 0 aromatic heterocycles. The molecular formula is C16H26N2O3. The lowest BCUT2D eigenvalue weighted by Crippen LogP contribution is -2.38. The number of hydrogen-bond donors (Lipinski definition) is 1. The van der Waals surface area contributed by atoms with Crippen LogP contribution in [0, 0.1) is 0 Å². The fraction of sp³-hybridized carbons (Fsp3) is 0.562. The molecular weight excluding hydrogens is 268 g/mol. The van der Waals surface area contributed by atoms with Crippen LogP contribution in [-0.4, -0.2) is 45.3 Å². The van der Waals surface area contributed by atoms with Crippen molar-refractivity contribution in [2.45, 2.75) is 26.2 Å². The summed E-state index contributed by atoms with van der Waals surface area (Å²) in [6.07, 6.45) is 2.87. The number of methoxy groups -OCH3 is 2. The summed E-state index contributed by atoms with van der Waals surface area (Å²) in [5.41, 5.74) is 1.10. The Labute approximate surface area is 127 Å². The van der Waals surface area contributed by atoms with E-state index in [-0.39, 0.29) is 6.03 Å². The lowest BCUT2D eigenvalue weighted by Gasteiger charge is -2.17. The molecule has 1 aromatic carbocycles. The average Bonchev–Trinajstić information content (AvgIpc) is 2.52. The summed E-state index contributed by atoms with van der Waals surface area (Å²) in [4.78, 5) is 13.6. The highest BCUT2D eigenvalue weighted by Gasteiger charge is 2.08. The Kier molecular flexibility index (Phi) is 7.43. The minimum atomic E-state index is -0.0241. The van der Waals surface area contributed by atoms with E-state index in [1.165, 1.54) is 0 Å². The molecule has 0 bridgehead atoms. The summed E-state index contributed by atoms with van der Waals surface area (Å²) in [5.74, 6) is 1.42. The van der Waals surface area contributed by atoms with Crippen LogP contribution in [-0.2, 0) is 6.42 Å². The Morgan fingerprint density at radius 2 is 1.95 bits per heavy atom. The SMILES string of the molecule is CCCCN(C)C(=O)NCCc1ccc(OC)c(OC)c1. The number of carbonyl (C=O) groups excluding carboxylic acids is 1. The molecule has 0 spiro atoms. The highest BCUT2D eigenvalue weighted by Crippen LogP contribution is 2.27. The smallest absolute Gasteiger partial charge is 0.317 e. The minimum absolute atomic E-state index is 0.0241. The predicted molar refractivity (Wildman–Crippen MR) is 84.2 cm³/mol. The number of rotatable bonds is 8. The molecule has 0 heterocycles. The van der Waals surface area contributed by atoms with Crippen molar-refractivity contribution in [3.8, 4) is 11.5 Å². The third-order valence-electron chi connectivity index (χ3n) is 3.33. The largest absolute Gasteiger partial charge is 0.493 e. The third-order valence-corrected chi connectivity index (χ3v) is 3.33. The van der Waals surface area contributed by atoms with Crippen molar-refractivity contribution in [1.29, 1.82) is 0 Å². The highest BCUT2D eigenvalue weighted by atomic mass is 16.5. The van der Waals surface area contributed by atoms with Gasteiger partial charge in [0.2, 0.25) is 0 Å². The Balaban J connectivity index is 2.43. The van der Waals surface area contributed by atoms with Gasteiger partial charge in [0.05, 0.1) is 14.2 Å². The van der Waals surface area contributed by atoms with Crippen LogP contribution in [0.25, 0.3) is 0 Å². The number of urea groups is 1. The number of nitrogens with one attached hydrogen (secondary N) is 1. The van der Waals surface area contributed by atoms with Gasteiger partial charge < -0.3 is 19.7 Å². The zero-order valence-corrected chi connectivity index (χ0v) is 13.4. The fourth-order valence-electron chi connectivity index (χ4n) is 1.98. The molecule has 0 aliphatic carbocycles. The molecule has 2 amide bonds. The molecule has 118 valence electrons. The molecule has 0 radical (unpaired) electrons. The van der Waals surface area contributed by atoms with Gasteiger partial charge in [0.1, 0.15) is 0 Å². The van der Waals surface area contributed by atoms with Crippen LogP contribution in [0.2, 0.25) is 0 Å². The first-order valence-corrected chi connectivity index (χ1v) is 7.32. The van der Waals surface area contributed by atoms with Gasteiger partial charge in [-0.05, 0) is 30.5 Å². The van der Waals surface area contributed by atoms with Crippen molar-refractivity contribution < 1.29 is 14.3 Å². The van der Waals surface area contributed by atoms with Crippen molar-refractivity contribution in [3.05, 3.63) is 23.8 Å². The number of unbranched alkanes of at least 4 members (excludes halogenated alkanes) is 1. The zero-order valence-electron chi connectivity index (χ0n) is 13.4. The molecule has 21 heavy (non-hydrogen) atoms. The van der Waals surface area contributed by atoms with Crippen molar-refractivity contribution in [3.63, 3.8) is 0 Å². The minimum Gasteiger partial charge on any atom is -0.493 e. The summed E-state index contributed by atoms with van der Waals surface area (Å²) in [6.45, 7) is 3.51. The Morgan fingerprint density at radius 1 is 1.24 bits per heavy atom. The summed E-state index contributed by atoms with van der Waals surface area (Å²) >= 11 is 0. The molecule has 0 aliphatic heterocycles. The number of ether oxygens (including phenoxy) is 2. The predicted octanol–water partition coefficient (Wildman–Crippen LogP) is 2.69. The quantitative estimate of drug-likeness (QED) is 0.802. The van der Waals surface area contributed by atoms with Gasteiger partial charge in [-0.2, -0.15) is 0 Å². The van der Waals surface area contributed by atoms with E-state index in [1.54, 1.807) is 19.1 Å². The maximum atomic E-state index is 11.8. The number of carbonyl (C=O) groups is 1.